The van der Waals surface area contributed by atoms with E-state index in [1.807, 2.05) is 13.8 Å². The Kier molecular flexibility index (Phi) is 8.10. The number of hydrogen-bond acceptors (Lipinski definition) is 8. The molecule has 0 saturated heterocycles. The Labute approximate surface area is 240 Å². The van der Waals surface area contributed by atoms with E-state index >= 15 is 0 Å². The number of rotatable bonds is 9. The summed E-state index contributed by atoms with van der Waals surface area (Å²) in [5.74, 6) is -2.02. The van der Waals surface area contributed by atoms with Crippen molar-refractivity contribution in [1.29, 1.82) is 0 Å². The molecule has 222 valence electrons. The van der Waals surface area contributed by atoms with Gasteiger partial charge in [-0.15, -0.1) is 5.10 Å². The molecule has 4 aromatic rings. The van der Waals surface area contributed by atoms with Gasteiger partial charge < -0.3 is 14.6 Å². The minimum absolute atomic E-state index is 0.00106. The van der Waals surface area contributed by atoms with E-state index in [1.54, 1.807) is 24.3 Å². The molecule has 11 nitrogen and oxygen atoms in total. The molecular formula is C28H29F2N5O6S. The van der Waals surface area contributed by atoms with Crippen LogP contribution in [0.15, 0.2) is 53.6 Å². The number of ether oxygens (including phenoxy) is 2. The number of aliphatic carboxylic acids is 1. The van der Waals surface area contributed by atoms with Crippen LogP contribution in [0.5, 0.6) is 11.6 Å². The van der Waals surface area contributed by atoms with Gasteiger partial charge >= 0.3 is 12.6 Å². The quantitative estimate of drug-likeness (QED) is 0.299. The number of pyridine rings is 1. The van der Waals surface area contributed by atoms with Crippen molar-refractivity contribution >= 4 is 27.0 Å². The van der Waals surface area contributed by atoms with Crippen LogP contribution in [0.4, 0.5) is 8.78 Å². The first-order valence-electron chi connectivity index (χ1n) is 13.2. The second kappa shape index (κ2) is 11.6. The minimum atomic E-state index is -3.97. The standard InChI is InChI=1S/C28H29F2N5O6S/c1-4-20-15-35(42(38,39)24-6-5-9-31-27(24)40-20)14-19-10-17(8-7-16(19)2)21(13-25(36)37)18-11-22-26(34(3)33-32-22)23(12-18)41-28(29)30/h5-12,20-21,28H,4,13-15H2,1-3H3,(H,36,37)/t20-,21+/m1/s1. The van der Waals surface area contributed by atoms with Crippen LogP contribution in [0.2, 0.25) is 0 Å². The largest absolute Gasteiger partial charge is 0.481 e. The molecule has 42 heavy (non-hydrogen) atoms. The molecule has 1 aliphatic rings. The van der Waals surface area contributed by atoms with Crippen molar-refractivity contribution in [2.45, 2.75) is 56.8 Å². The van der Waals surface area contributed by atoms with Gasteiger partial charge in [0, 0.05) is 25.7 Å². The first kappa shape index (κ1) is 29.3. The van der Waals surface area contributed by atoms with Gasteiger partial charge in [-0.25, -0.2) is 18.1 Å². The Morgan fingerprint density at radius 3 is 2.71 bits per heavy atom. The Hall–Kier alpha value is -4.17. The summed E-state index contributed by atoms with van der Waals surface area (Å²) >= 11 is 0. The summed E-state index contributed by atoms with van der Waals surface area (Å²) < 4.78 is 67.2. The average molecular weight is 602 g/mol. The Bertz CT molecular complexity index is 1750. The number of sulfonamides is 1. The van der Waals surface area contributed by atoms with Crippen LogP contribution in [0.1, 0.15) is 47.9 Å². The maximum atomic E-state index is 13.7. The van der Waals surface area contributed by atoms with Gasteiger partial charge in [-0.05, 0) is 59.9 Å². The van der Waals surface area contributed by atoms with E-state index in [4.69, 9.17) is 9.47 Å². The first-order valence-corrected chi connectivity index (χ1v) is 14.6. The van der Waals surface area contributed by atoms with Crippen molar-refractivity contribution in [3.05, 3.63) is 70.9 Å². The molecular weight excluding hydrogens is 572 g/mol. The van der Waals surface area contributed by atoms with Crippen molar-refractivity contribution < 1.29 is 36.6 Å². The summed E-state index contributed by atoms with van der Waals surface area (Å²) in [5.41, 5.74) is 2.89. The van der Waals surface area contributed by atoms with E-state index in [0.717, 1.165) is 5.56 Å². The van der Waals surface area contributed by atoms with Gasteiger partial charge in [0.05, 0.1) is 13.0 Å². The second-order valence-electron chi connectivity index (χ2n) is 10.1. The van der Waals surface area contributed by atoms with E-state index in [-0.39, 0.29) is 47.1 Å². The van der Waals surface area contributed by atoms with E-state index in [1.165, 1.54) is 40.4 Å². The summed E-state index contributed by atoms with van der Waals surface area (Å²) in [6.45, 7) is 0.702. The van der Waals surface area contributed by atoms with Crippen LogP contribution < -0.4 is 9.47 Å². The molecule has 0 unspecified atom stereocenters. The summed E-state index contributed by atoms with van der Waals surface area (Å²) in [4.78, 5) is 16.1. The molecule has 0 fully saturated rings. The molecule has 0 aliphatic carbocycles. The Morgan fingerprint density at radius 2 is 2.00 bits per heavy atom. The maximum absolute atomic E-state index is 13.7. The lowest BCUT2D eigenvalue weighted by molar-refractivity contribution is -0.137. The minimum Gasteiger partial charge on any atom is -0.481 e. The zero-order valence-corrected chi connectivity index (χ0v) is 23.9. The summed E-state index contributed by atoms with van der Waals surface area (Å²) in [6, 6.07) is 11.2. The number of carboxylic acid groups (broad SMARTS) is 1. The summed E-state index contributed by atoms with van der Waals surface area (Å²) in [7, 11) is -2.44. The van der Waals surface area contributed by atoms with Gasteiger partial charge in [0.1, 0.15) is 22.0 Å². The topological polar surface area (TPSA) is 137 Å². The number of aromatic nitrogens is 4. The van der Waals surface area contributed by atoms with Crippen molar-refractivity contribution in [3.8, 4) is 11.6 Å². The molecule has 5 rings (SSSR count). The molecule has 0 saturated carbocycles. The highest BCUT2D eigenvalue weighted by Crippen LogP contribution is 2.37. The second-order valence-corrected chi connectivity index (χ2v) is 12.0. The molecule has 0 radical (unpaired) electrons. The Morgan fingerprint density at radius 1 is 1.21 bits per heavy atom. The number of benzene rings is 2. The molecule has 0 amide bonds. The van der Waals surface area contributed by atoms with Crippen LogP contribution in [0, 0.1) is 6.92 Å². The number of halogens is 2. The van der Waals surface area contributed by atoms with Crippen molar-refractivity contribution in [3.63, 3.8) is 0 Å². The van der Waals surface area contributed by atoms with Gasteiger partial charge in [0.25, 0.3) is 0 Å². The van der Waals surface area contributed by atoms with Gasteiger partial charge in [-0.3, -0.25) is 4.79 Å². The third kappa shape index (κ3) is 5.77. The molecule has 1 aliphatic heterocycles. The van der Waals surface area contributed by atoms with E-state index in [9.17, 15) is 27.1 Å². The van der Waals surface area contributed by atoms with E-state index in [0.29, 0.717) is 23.1 Å². The number of carboxylic acids is 1. The number of nitrogens with zero attached hydrogens (tertiary/aromatic N) is 5. The van der Waals surface area contributed by atoms with E-state index < -0.39 is 34.6 Å². The van der Waals surface area contributed by atoms with Crippen molar-refractivity contribution in [2.24, 2.45) is 7.05 Å². The number of aryl methyl sites for hydroxylation is 2. The van der Waals surface area contributed by atoms with Crippen LogP contribution in [0.3, 0.4) is 0 Å². The summed E-state index contributed by atoms with van der Waals surface area (Å²) in [5, 5.41) is 17.7. The maximum Gasteiger partial charge on any atom is 0.387 e. The third-order valence-electron chi connectivity index (χ3n) is 7.30. The van der Waals surface area contributed by atoms with Gasteiger partial charge in [-0.2, -0.15) is 13.1 Å². The van der Waals surface area contributed by atoms with Crippen LogP contribution in [-0.4, -0.2) is 63.0 Å². The molecule has 14 heteroatoms. The predicted octanol–water partition coefficient (Wildman–Crippen LogP) is 4.24. The lowest BCUT2D eigenvalue weighted by atomic mass is 9.86. The fraction of sp³-hybridized carbons (Fsp3) is 0.357. The lowest BCUT2D eigenvalue weighted by Crippen LogP contribution is -2.36. The number of carbonyl (C=O) groups is 1. The molecule has 2 aromatic carbocycles. The van der Waals surface area contributed by atoms with Crippen LogP contribution in [0.25, 0.3) is 11.0 Å². The predicted molar refractivity (Wildman–Crippen MR) is 147 cm³/mol. The van der Waals surface area contributed by atoms with E-state index in [2.05, 4.69) is 15.3 Å². The number of fused-ring (bicyclic) bond motifs is 2. The normalized spacial score (nSPS) is 17.4. The monoisotopic (exact) mass is 601 g/mol. The molecule has 2 atom stereocenters. The molecule has 0 spiro atoms. The smallest absolute Gasteiger partial charge is 0.387 e. The number of alkyl halides is 2. The molecule has 3 heterocycles. The summed E-state index contributed by atoms with van der Waals surface area (Å²) in [6.07, 6.45) is 1.24. The third-order valence-corrected chi connectivity index (χ3v) is 9.13. The first-order chi connectivity index (χ1) is 20.0. The lowest BCUT2D eigenvalue weighted by Gasteiger charge is -2.24. The molecule has 0 bridgehead atoms. The zero-order valence-electron chi connectivity index (χ0n) is 23.1. The highest BCUT2D eigenvalue weighted by Gasteiger charge is 2.35. The Balaban J connectivity index is 1.57. The molecule has 2 aromatic heterocycles. The van der Waals surface area contributed by atoms with Crippen molar-refractivity contribution in [1.82, 2.24) is 24.3 Å². The SMILES string of the molecule is CC[C@@H]1CN(Cc2cc([C@H](CC(=O)O)c3cc(OC(F)F)c4c(c3)nnn4C)ccc2C)S(=O)(=O)c2cccnc2O1. The zero-order chi connectivity index (χ0) is 30.2. The highest BCUT2D eigenvalue weighted by molar-refractivity contribution is 7.89. The fourth-order valence-corrected chi connectivity index (χ4v) is 6.64. The van der Waals surface area contributed by atoms with Crippen LogP contribution >= 0.6 is 0 Å². The molecule has 1 N–H and O–H groups in total. The van der Waals surface area contributed by atoms with Crippen LogP contribution in [-0.2, 0) is 28.4 Å². The van der Waals surface area contributed by atoms with Gasteiger partial charge in [0.15, 0.2) is 5.75 Å². The highest BCUT2D eigenvalue weighted by atomic mass is 32.2. The average Bonchev–Trinajstić information content (AvgIpc) is 3.27. The van der Waals surface area contributed by atoms with Crippen molar-refractivity contribution in [2.75, 3.05) is 6.54 Å². The number of hydrogen-bond donors (Lipinski definition) is 1. The van der Waals surface area contributed by atoms with Gasteiger partial charge in [0.2, 0.25) is 15.9 Å². The van der Waals surface area contributed by atoms with Gasteiger partial charge in [-0.1, -0.05) is 30.3 Å². The fourth-order valence-electron chi connectivity index (χ4n) is 5.12.